The molecule has 1 heterocycles. The smallest absolute Gasteiger partial charge is 0.339 e. The molecule has 0 radical (unpaired) electrons. The summed E-state index contributed by atoms with van der Waals surface area (Å²) in [6, 6.07) is 5.42. The lowest BCUT2D eigenvalue weighted by atomic mass is 9.88. The Hall–Kier alpha value is -1.55. The van der Waals surface area contributed by atoms with Crippen LogP contribution in [0.2, 0.25) is 0 Å². The molecule has 1 aromatic carbocycles. The average Bonchev–Trinajstić information content (AvgIpc) is 2.43. The van der Waals surface area contributed by atoms with Crippen LogP contribution >= 0.6 is 0 Å². The van der Waals surface area contributed by atoms with Gasteiger partial charge in [-0.25, -0.2) is 4.79 Å². The lowest BCUT2D eigenvalue weighted by Crippen LogP contribution is -2.37. The van der Waals surface area contributed by atoms with Crippen LogP contribution in [0, 0.1) is 11.8 Å². The Bertz CT molecular complexity index is 487. The van der Waals surface area contributed by atoms with E-state index in [9.17, 15) is 9.90 Å². The molecule has 1 aliphatic heterocycles. The Labute approximate surface area is 120 Å². The summed E-state index contributed by atoms with van der Waals surface area (Å²) in [5.74, 6) is 0.948. The van der Waals surface area contributed by atoms with E-state index < -0.39 is 5.97 Å². The number of aromatic carboxylic acids is 1. The van der Waals surface area contributed by atoms with Gasteiger partial charge in [0.25, 0.3) is 0 Å². The predicted octanol–water partition coefficient (Wildman–Crippen LogP) is 2.87. The predicted molar refractivity (Wildman–Crippen MR) is 78.2 cm³/mol. The summed E-state index contributed by atoms with van der Waals surface area (Å²) >= 11 is 0. The Morgan fingerprint density at radius 3 is 2.75 bits per heavy atom. The fraction of sp³-hybridized carbons (Fsp3) is 0.562. The standard InChI is InChI=1S/C16H23NO3/c1-11-6-7-17(9-12(11)2)10-13-4-5-15(20-3)14(8-13)16(18)19/h4-5,8,11-12H,6-7,9-10H2,1-3H3,(H,18,19). The maximum atomic E-state index is 11.2. The largest absolute Gasteiger partial charge is 0.496 e. The molecule has 0 amide bonds. The molecule has 0 aromatic heterocycles. The minimum atomic E-state index is -0.940. The molecule has 110 valence electrons. The molecule has 1 aromatic rings. The zero-order valence-corrected chi connectivity index (χ0v) is 12.4. The van der Waals surface area contributed by atoms with E-state index in [0.29, 0.717) is 11.7 Å². The number of ether oxygens (including phenoxy) is 1. The number of benzene rings is 1. The minimum absolute atomic E-state index is 0.239. The van der Waals surface area contributed by atoms with Gasteiger partial charge in [-0.3, -0.25) is 4.90 Å². The molecule has 4 nitrogen and oxygen atoms in total. The molecule has 2 unspecified atom stereocenters. The highest BCUT2D eigenvalue weighted by Gasteiger charge is 2.23. The Kier molecular flexibility index (Phi) is 4.65. The van der Waals surface area contributed by atoms with E-state index >= 15 is 0 Å². The SMILES string of the molecule is COc1ccc(CN2CCC(C)C(C)C2)cc1C(=O)O. The molecule has 0 saturated carbocycles. The van der Waals surface area contributed by atoms with Crippen molar-refractivity contribution in [2.45, 2.75) is 26.8 Å². The molecule has 1 fully saturated rings. The molecule has 0 bridgehead atoms. The van der Waals surface area contributed by atoms with Gasteiger partial charge in [0.15, 0.2) is 0 Å². The lowest BCUT2D eigenvalue weighted by molar-refractivity contribution is 0.0693. The number of methoxy groups -OCH3 is 1. The molecule has 20 heavy (non-hydrogen) atoms. The molecular formula is C16H23NO3. The first-order chi connectivity index (χ1) is 9.51. The molecule has 0 spiro atoms. The Balaban J connectivity index is 2.10. The van der Waals surface area contributed by atoms with Crippen molar-refractivity contribution in [3.8, 4) is 5.75 Å². The van der Waals surface area contributed by atoms with Crippen molar-refractivity contribution in [2.24, 2.45) is 11.8 Å². The number of rotatable bonds is 4. The lowest BCUT2D eigenvalue weighted by Gasteiger charge is -2.35. The molecular weight excluding hydrogens is 254 g/mol. The van der Waals surface area contributed by atoms with Crippen molar-refractivity contribution in [3.63, 3.8) is 0 Å². The van der Waals surface area contributed by atoms with E-state index in [2.05, 4.69) is 18.7 Å². The zero-order chi connectivity index (χ0) is 14.7. The van der Waals surface area contributed by atoms with Crippen molar-refractivity contribution in [2.75, 3.05) is 20.2 Å². The van der Waals surface area contributed by atoms with Crippen LogP contribution in [0.15, 0.2) is 18.2 Å². The van der Waals surface area contributed by atoms with Gasteiger partial charge < -0.3 is 9.84 Å². The molecule has 2 atom stereocenters. The van der Waals surface area contributed by atoms with Crippen LogP contribution in [0.5, 0.6) is 5.75 Å². The highest BCUT2D eigenvalue weighted by Crippen LogP contribution is 2.25. The number of piperidine rings is 1. The Morgan fingerprint density at radius 2 is 2.15 bits per heavy atom. The second-order valence-electron chi connectivity index (χ2n) is 5.82. The minimum Gasteiger partial charge on any atom is -0.496 e. The van der Waals surface area contributed by atoms with E-state index in [1.807, 2.05) is 6.07 Å². The number of hydrogen-bond donors (Lipinski definition) is 1. The first-order valence-corrected chi connectivity index (χ1v) is 7.13. The third kappa shape index (κ3) is 3.31. The first-order valence-electron chi connectivity index (χ1n) is 7.13. The van der Waals surface area contributed by atoms with E-state index in [4.69, 9.17) is 4.74 Å². The van der Waals surface area contributed by atoms with Crippen LogP contribution in [0.3, 0.4) is 0 Å². The van der Waals surface area contributed by atoms with Crippen LogP contribution in [0.4, 0.5) is 0 Å². The second kappa shape index (κ2) is 6.27. The second-order valence-corrected chi connectivity index (χ2v) is 5.82. The molecule has 0 aliphatic carbocycles. The van der Waals surface area contributed by atoms with Crippen LogP contribution in [0.1, 0.15) is 36.2 Å². The summed E-state index contributed by atoms with van der Waals surface area (Å²) in [6.45, 7) is 7.56. The first kappa shape index (κ1) is 14.9. The molecule has 1 N–H and O–H groups in total. The van der Waals surface area contributed by atoms with Crippen LogP contribution in [0.25, 0.3) is 0 Å². The van der Waals surface area contributed by atoms with Gasteiger partial charge in [-0.05, 0) is 42.5 Å². The fourth-order valence-corrected chi connectivity index (χ4v) is 2.77. The number of carbonyl (C=O) groups is 1. The van der Waals surface area contributed by atoms with Gasteiger partial charge in [0.05, 0.1) is 7.11 Å². The van der Waals surface area contributed by atoms with Gasteiger partial charge in [-0.15, -0.1) is 0 Å². The van der Waals surface area contributed by atoms with Crippen LogP contribution in [-0.4, -0.2) is 36.2 Å². The van der Waals surface area contributed by atoms with Crippen LogP contribution in [-0.2, 0) is 6.54 Å². The third-order valence-corrected chi connectivity index (χ3v) is 4.32. The summed E-state index contributed by atoms with van der Waals surface area (Å²) in [6.07, 6.45) is 1.21. The monoisotopic (exact) mass is 277 g/mol. The Morgan fingerprint density at radius 1 is 1.40 bits per heavy atom. The number of carboxylic acid groups (broad SMARTS) is 1. The molecule has 2 rings (SSSR count). The van der Waals surface area contributed by atoms with Crippen molar-refractivity contribution in [3.05, 3.63) is 29.3 Å². The van der Waals surface area contributed by atoms with Gasteiger partial charge in [0, 0.05) is 13.1 Å². The maximum Gasteiger partial charge on any atom is 0.339 e. The number of nitrogens with zero attached hydrogens (tertiary/aromatic N) is 1. The van der Waals surface area contributed by atoms with Crippen molar-refractivity contribution in [1.29, 1.82) is 0 Å². The fourth-order valence-electron chi connectivity index (χ4n) is 2.77. The summed E-state index contributed by atoms with van der Waals surface area (Å²) in [5.41, 5.74) is 1.27. The maximum absolute atomic E-state index is 11.2. The van der Waals surface area contributed by atoms with Crippen molar-refractivity contribution in [1.82, 2.24) is 4.90 Å². The third-order valence-electron chi connectivity index (χ3n) is 4.32. The highest BCUT2D eigenvalue weighted by molar-refractivity contribution is 5.91. The summed E-state index contributed by atoms with van der Waals surface area (Å²) in [4.78, 5) is 13.6. The van der Waals surface area contributed by atoms with Crippen LogP contribution < -0.4 is 4.74 Å². The van der Waals surface area contributed by atoms with Gasteiger partial charge in [0.1, 0.15) is 11.3 Å². The number of likely N-dealkylation sites (tertiary alicyclic amines) is 1. The van der Waals surface area contributed by atoms with Gasteiger partial charge >= 0.3 is 5.97 Å². The highest BCUT2D eigenvalue weighted by atomic mass is 16.5. The molecule has 1 aliphatic rings. The van der Waals surface area contributed by atoms with E-state index in [0.717, 1.165) is 31.1 Å². The average molecular weight is 277 g/mol. The number of hydrogen-bond acceptors (Lipinski definition) is 3. The summed E-state index contributed by atoms with van der Waals surface area (Å²) < 4.78 is 5.09. The normalized spacial score (nSPS) is 23.6. The quantitative estimate of drug-likeness (QED) is 0.919. The summed E-state index contributed by atoms with van der Waals surface area (Å²) in [7, 11) is 1.50. The van der Waals surface area contributed by atoms with Crippen molar-refractivity contribution >= 4 is 5.97 Å². The van der Waals surface area contributed by atoms with E-state index in [1.165, 1.54) is 13.5 Å². The molecule has 4 heteroatoms. The van der Waals surface area contributed by atoms with Crippen molar-refractivity contribution < 1.29 is 14.6 Å². The van der Waals surface area contributed by atoms with Gasteiger partial charge in [-0.1, -0.05) is 19.9 Å². The topological polar surface area (TPSA) is 49.8 Å². The van der Waals surface area contributed by atoms with Gasteiger partial charge in [-0.2, -0.15) is 0 Å². The van der Waals surface area contributed by atoms with E-state index in [1.54, 1.807) is 12.1 Å². The summed E-state index contributed by atoms with van der Waals surface area (Å²) in [5, 5.41) is 9.21. The van der Waals surface area contributed by atoms with E-state index in [-0.39, 0.29) is 5.56 Å². The van der Waals surface area contributed by atoms with Gasteiger partial charge in [0.2, 0.25) is 0 Å². The number of carboxylic acids is 1. The zero-order valence-electron chi connectivity index (χ0n) is 12.4. The molecule has 1 saturated heterocycles.